The monoisotopic (exact) mass is 279 g/mol. The standard InChI is InChI=1S/C11H25N3O3S/c1-11(2,4-3-9-15)10-13-18(16,17)14-7-5-12-6-8-14/h12-13,15H,3-10H2,1-2H3. The molecule has 1 fully saturated rings. The van der Waals surface area contributed by atoms with E-state index >= 15 is 0 Å². The molecule has 0 saturated carbocycles. The Balaban J connectivity index is 2.45. The fourth-order valence-electron chi connectivity index (χ4n) is 1.91. The van der Waals surface area contributed by atoms with Gasteiger partial charge in [-0.25, -0.2) is 4.72 Å². The molecule has 3 N–H and O–H groups in total. The summed E-state index contributed by atoms with van der Waals surface area (Å²) in [4.78, 5) is 0. The Labute approximate surface area is 110 Å². The summed E-state index contributed by atoms with van der Waals surface area (Å²) in [5.74, 6) is 0. The van der Waals surface area contributed by atoms with Crippen LogP contribution in [0.15, 0.2) is 0 Å². The minimum Gasteiger partial charge on any atom is -0.396 e. The summed E-state index contributed by atoms with van der Waals surface area (Å²) in [6.45, 7) is 7.00. The van der Waals surface area contributed by atoms with Crippen LogP contribution in [0.1, 0.15) is 26.7 Å². The van der Waals surface area contributed by atoms with Crippen molar-refractivity contribution in [3.8, 4) is 0 Å². The topological polar surface area (TPSA) is 81.7 Å². The molecule has 1 saturated heterocycles. The van der Waals surface area contributed by atoms with Gasteiger partial charge in [-0.1, -0.05) is 13.8 Å². The molecule has 1 heterocycles. The van der Waals surface area contributed by atoms with Crippen LogP contribution in [0.5, 0.6) is 0 Å². The Morgan fingerprint density at radius 2 is 1.94 bits per heavy atom. The lowest BCUT2D eigenvalue weighted by atomic mass is 9.88. The van der Waals surface area contributed by atoms with E-state index in [1.54, 1.807) is 0 Å². The molecule has 6 nitrogen and oxygen atoms in total. The van der Waals surface area contributed by atoms with Gasteiger partial charge in [0.15, 0.2) is 0 Å². The molecular weight excluding hydrogens is 254 g/mol. The lowest BCUT2D eigenvalue weighted by Gasteiger charge is -2.30. The summed E-state index contributed by atoms with van der Waals surface area (Å²) < 4.78 is 28.2. The van der Waals surface area contributed by atoms with Gasteiger partial charge < -0.3 is 10.4 Å². The van der Waals surface area contributed by atoms with Crippen molar-refractivity contribution in [2.75, 3.05) is 39.3 Å². The first-order valence-corrected chi connectivity index (χ1v) is 7.88. The summed E-state index contributed by atoms with van der Waals surface area (Å²) in [5.41, 5.74) is -0.135. The van der Waals surface area contributed by atoms with E-state index in [0.717, 1.165) is 6.42 Å². The van der Waals surface area contributed by atoms with Gasteiger partial charge in [0.2, 0.25) is 0 Å². The zero-order chi connectivity index (χ0) is 13.6. The van der Waals surface area contributed by atoms with Crippen LogP contribution in [-0.2, 0) is 10.2 Å². The van der Waals surface area contributed by atoms with Crippen LogP contribution in [0.2, 0.25) is 0 Å². The highest BCUT2D eigenvalue weighted by atomic mass is 32.2. The Morgan fingerprint density at radius 1 is 1.33 bits per heavy atom. The number of aliphatic hydroxyl groups excluding tert-OH is 1. The van der Waals surface area contributed by atoms with E-state index in [-0.39, 0.29) is 12.0 Å². The molecule has 0 spiro atoms. The molecule has 108 valence electrons. The van der Waals surface area contributed by atoms with E-state index in [4.69, 9.17) is 5.11 Å². The zero-order valence-corrected chi connectivity index (χ0v) is 12.1. The molecule has 0 atom stereocenters. The van der Waals surface area contributed by atoms with Gasteiger partial charge in [-0.3, -0.25) is 0 Å². The van der Waals surface area contributed by atoms with E-state index in [9.17, 15) is 8.42 Å². The lowest BCUT2D eigenvalue weighted by molar-refractivity contribution is 0.241. The van der Waals surface area contributed by atoms with Crippen molar-refractivity contribution in [2.45, 2.75) is 26.7 Å². The molecule has 0 aromatic carbocycles. The van der Waals surface area contributed by atoms with E-state index in [0.29, 0.717) is 39.1 Å². The molecule has 0 aromatic heterocycles. The fourth-order valence-corrected chi connectivity index (χ4v) is 3.33. The average molecular weight is 279 g/mol. The molecule has 1 aliphatic rings. The zero-order valence-electron chi connectivity index (χ0n) is 11.3. The molecule has 7 heteroatoms. The summed E-state index contributed by atoms with van der Waals surface area (Å²) in [6.07, 6.45) is 1.50. The molecule has 0 aliphatic carbocycles. The van der Waals surface area contributed by atoms with Crippen molar-refractivity contribution in [3.05, 3.63) is 0 Å². The fraction of sp³-hybridized carbons (Fsp3) is 1.00. The number of hydrogen-bond donors (Lipinski definition) is 3. The van der Waals surface area contributed by atoms with Crippen molar-refractivity contribution in [1.29, 1.82) is 0 Å². The van der Waals surface area contributed by atoms with E-state index in [2.05, 4.69) is 10.0 Å². The smallest absolute Gasteiger partial charge is 0.279 e. The Kier molecular flexibility index (Phi) is 6.00. The Bertz CT molecular complexity index is 337. The Morgan fingerprint density at radius 3 is 2.50 bits per heavy atom. The molecule has 1 rings (SSSR count). The summed E-state index contributed by atoms with van der Waals surface area (Å²) in [5, 5.41) is 11.9. The van der Waals surface area contributed by atoms with Crippen molar-refractivity contribution in [1.82, 2.24) is 14.3 Å². The van der Waals surface area contributed by atoms with Crippen LogP contribution >= 0.6 is 0 Å². The van der Waals surface area contributed by atoms with Crippen molar-refractivity contribution < 1.29 is 13.5 Å². The third-order valence-electron chi connectivity index (χ3n) is 3.16. The van der Waals surface area contributed by atoms with Crippen LogP contribution in [0.4, 0.5) is 0 Å². The number of hydrogen-bond acceptors (Lipinski definition) is 4. The average Bonchev–Trinajstić information content (AvgIpc) is 2.36. The first-order valence-electron chi connectivity index (χ1n) is 6.44. The number of nitrogens with one attached hydrogen (secondary N) is 2. The summed E-state index contributed by atoms with van der Waals surface area (Å²) >= 11 is 0. The number of piperazine rings is 1. The minimum absolute atomic E-state index is 0.135. The molecule has 0 unspecified atom stereocenters. The molecule has 18 heavy (non-hydrogen) atoms. The first-order chi connectivity index (χ1) is 8.37. The second kappa shape index (κ2) is 6.81. The number of aliphatic hydroxyl groups is 1. The molecular formula is C11H25N3O3S. The van der Waals surface area contributed by atoms with Gasteiger partial charge in [-0.2, -0.15) is 12.7 Å². The molecule has 0 radical (unpaired) electrons. The van der Waals surface area contributed by atoms with Crippen LogP contribution in [0.3, 0.4) is 0 Å². The molecule has 0 bridgehead atoms. The summed E-state index contributed by atoms with van der Waals surface area (Å²) in [7, 11) is -3.36. The van der Waals surface area contributed by atoms with E-state index in [1.807, 2.05) is 13.8 Å². The SMILES string of the molecule is CC(C)(CCCO)CNS(=O)(=O)N1CCNCC1. The lowest BCUT2D eigenvalue weighted by Crippen LogP contribution is -2.51. The predicted octanol–water partition coefficient (Wildman–Crippen LogP) is -0.475. The highest BCUT2D eigenvalue weighted by Crippen LogP contribution is 2.21. The largest absolute Gasteiger partial charge is 0.396 e. The number of nitrogens with zero attached hydrogens (tertiary/aromatic N) is 1. The van der Waals surface area contributed by atoms with Crippen LogP contribution in [0.25, 0.3) is 0 Å². The first kappa shape index (κ1) is 15.8. The van der Waals surface area contributed by atoms with Gasteiger partial charge in [-0.15, -0.1) is 0 Å². The predicted molar refractivity (Wildman–Crippen MR) is 71.5 cm³/mol. The Hall–Kier alpha value is -0.210. The maximum atomic E-state index is 12.0. The maximum Gasteiger partial charge on any atom is 0.279 e. The highest BCUT2D eigenvalue weighted by molar-refractivity contribution is 7.87. The minimum atomic E-state index is -3.36. The van der Waals surface area contributed by atoms with Gasteiger partial charge in [0.1, 0.15) is 0 Å². The van der Waals surface area contributed by atoms with Crippen LogP contribution < -0.4 is 10.0 Å². The quantitative estimate of drug-likeness (QED) is 0.588. The van der Waals surface area contributed by atoms with E-state index in [1.165, 1.54) is 4.31 Å². The normalized spacial score (nSPS) is 19.1. The maximum absolute atomic E-state index is 12.0. The van der Waals surface area contributed by atoms with Gasteiger partial charge >= 0.3 is 0 Å². The second-order valence-electron chi connectivity index (χ2n) is 5.47. The van der Waals surface area contributed by atoms with Gasteiger partial charge in [0.05, 0.1) is 0 Å². The van der Waals surface area contributed by atoms with E-state index < -0.39 is 10.2 Å². The van der Waals surface area contributed by atoms with Gasteiger partial charge in [0.25, 0.3) is 10.2 Å². The van der Waals surface area contributed by atoms with Gasteiger partial charge in [-0.05, 0) is 18.3 Å². The highest BCUT2D eigenvalue weighted by Gasteiger charge is 2.26. The third kappa shape index (κ3) is 5.19. The number of rotatable bonds is 7. The van der Waals surface area contributed by atoms with Gasteiger partial charge in [0, 0.05) is 39.3 Å². The van der Waals surface area contributed by atoms with Crippen LogP contribution in [-0.4, -0.2) is 57.2 Å². The second-order valence-corrected chi connectivity index (χ2v) is 7.22. The van der Waals surface area contributed by atoms with Crippen molar-refractivity contribution in [2.24, 2.45) is 5.41 Å². The molecule has 0 amide bonds. The van der Waals surface area contributed by atoms with Crippen molar-refractivity contribution >= 4 is 10.2 Å². The van der Waals surface area contributed by atoms with Crippen molar-refractivity contribution in [3.63, 3.8) is 0 Å². The molecule has 1 aliphatic heterocycles. The molecule has 0 aromatic rings. The third-order valence-corrected chi connectivity index (χ3v) is 4.71. The van der Waals surface area contributed by atoms with Crippen LogP contribution in [0, 0.1) is 5.41 Å². The summed E-state index contributed by atoms with van der Waals surface area (Å²) in [6, 6.07) is 0.